The van der Waals surface area contributed by atoms with E-state index in [1.165, 1.54) is 0 Å². The molecule has 1 aliphatic heterocycles. The number of carbonyl (C=O) groups excluding carboxylic acids is 2. The minimum Gasteiger partial charge on any atom is -0.391 e. The fourth-order valence-electron chi connectivity index (χ4n) is 3.23. The molecule has 6 heteroatoms. The molecule has 0 spiro atoms. The van der Waals surface area contributed by atoms with Crippen LogP contribution in [0.25, 0.3) is 10.9 Å². The number of fused-ring (bicyclic) bond motifs is 1. The van der Waals surface area contributed by atoms with E-state index in [-0.39, 0.29) is 30.2 Å². The van der Waals surface area contributed by atoms with E-state index < -0.39 is 6.10 Å². The van der Waals surface area contributed by atoms with Crippen molar-refractivity contribution in [3.05, 3.63) is 42.1 Å². The van der Waals surface area contributed by atoms with Crippen LogP contribution in [0.15, 0.2) is 36.4 Å². The predicted octanol–water partition coefficient (Wildman–Crippen LogP) is 1.37. The first-order chi connectivity index (χ1) is 12.4. The summed E-state index contributed by atoms with van der Waals surface area (Å²) in [6.07, 6.45) is 0.0433. The molecule has 0 radical (unpaired) electrons. The number of aliphatic hydroxyl groups excluding tert-OH is 1. The number of rotatable bonds is 5. The number of pyridine rings is 1. The summed E-state index contributed by atoms with van der Waals surface area (Å²) in [4.78, 5) is 30.1. The number of nitrogens with one attached hydrogen (secondary N) is 1. The molecule has 2 amide bonds. The Bertz CT molecular complexity index is 806. The Morgan fingerprint density at radius 2 is 2.00 bits per heavy atom. The van der Waals surface area contributed by atoms with Gasteiger partial charge in [0.25, 0.3) is 0 Å². The summed E-state index contributed by atoms with van der Waals surface area (Å²) in [5.74, 6) is -0.505. The molecular weight excluding hydrogens is 330 g/mol. The lowest BCUT2D eigenvalue weighted by Crippen LogP contribution is -2.40. The van der Waals surface area contributed by atoms with Gasteiger partial charge in [-0.2, -0.15) is 0 Å². The van der Waals surface area contributed by atoms with Crippen LogP contribution in [0, 0.1) is 11.8 Å². The zero-order valence-corrected chi connectivity index (χ0v) is 15.2. The van der Waals surface area contributed by atoms with Crippen molar-refractivity contribution in [2.45, 2.75) is 26.4 Å². The van der Waals surface area contributed by atoms with E-state index in [1.54, 1.807) is 18.7 Å². The monoisotopic (exact) mass is 355 g/mol. The molecule has 1 aliphatic rings. The highest BCUT2D eigenvalue weighted by atomic mass is 16.3. The molecule has 2 N–H and O–H groups in total. The largest absolute Gasteiger partial charge is 0.391 e. The van der Waals surface area contributed by atoms with Crippen molar-refractivity contribution in [1.29, 1.82) is 0 Å². The third-order valence-electron chi connectivity index (χ3n) is 4.82. The van der Waals surface area contributed by atoms with Gasteiger partial charge < -0.3 is 15.3 Å². The second-order valence-corrected chi connectivity index (χ2v) is 7.20. The van der Waals surface area contributed by atoms with Crippen molar-refractivity contribution < 1.29 is 14.7 Å². The molecule has 2 heterocycles. The van der Waals surface area contributed by atoms with Gasteiger partial charge in [-0.1, -0.05) is 38.1 Å². The quantitative estimate of drug-likeness (QED) is 0.849. The van der Waals surface area contributed by atoms with E-state index in [1.807, 2.05) is 36.4 Å². The van der Waals surface area contributed by atoms with Crippen LogP contribution in [0.1, 0.15) is 19.5 Å². The highest BCUT2D eigenvalue weighted by molar-refractivity contribution is 5.85. The molecular formula is C20H25N3O3. The van der Waals surface area contributed by atoms with Crippen molar-refractivity contribution in [3.8, 4) is 0 Å². The average molecular weight is 355 g/mol. The van der Waals surface area contributed by atoms with Gasteiger partial charge in [-0.15, -0.1) is 0 Å². The first-order valence-corrected chi connectivity index (χ1v) is 9.02. The summed E-state index contributed by atoms with van der Waals surface area (Å²) in [5, 5.41) is 14.1. The summed E-state index contributed by atoms with van der Waals surface area (Å²) in [5.41, 5.74) is 1.84. The number of hydrogen-bond donors (Lipinski definition) is 2. The summed E-state index contributed by atoms with van der Waals surface area (Å²) < 4.78 is 0. The minimum absolute atomic E-state index is 0.0231. The summed E-state index contributed by atoms with van der Waals surface area (Å²) in [6, 6.07) is 11.9. The second-order valence-electron chi connectivity index (χ2n) is 7.20. The average Bonchev–Trinajstić information content (AvgIpc) is 2.99. The molecule has 0 bridgehead atoms. The molecule has 138 valence electrons. The Labute approximate surface area is 153 Å². The molecule has 1 fully saturated rings. The molecule has 6 nitrogen and oxygen atoms in total. The molecule has 0 aliphatic carbocycles. The van der Waals surface area contributed by atoms with Crippen molar-refractivity contribution >= 4 is 22.7 Å². The van der Waals surface area contributed by atoms with Gasteiger partial charge in [-0.25, -0.2) is 0 Å². The Hall–Kier alpha value is -2.47. The van der Waals surface area contributed by atoms with Crippen LogP contribution >= 0.6 is 0 Å². The van der Waals surface area contributed by atoms with Gasteiger partial charge in [0.1, 0.15) is 0 Å². The van der Waals surface area contributed by atoms with Crippen molar-refractivity contribution in [1.82, 2.24) is 15.2 Å². The summed E-state index contributed by atoms with van der Waals surface area (Å²) in [6.45, 7) is 4.32. The molecule has 2 aromatic rings. The fraction of sp³-hybridized carbons (Fsp3) is 0.450. The van der Waals surface area contributed by atoms with Gasteiger partial charge in [0.15, 0.2) is 0 Å². The zero-order valence-electron chi connectivity index (χ0n) is 15.2. The molecule has 26 heavy (non-hydrogen) atoms. The number of hydrogen-bond acceptors (Lipinski definition) is 4. The van der Waals surface area contributed by atoms with E-state index in [2.05, 4.69) is 10.3 Å². The van der Waals surface area contributed by atoms with E-state index in [0.717, 1.165) is 16.6 Å². The predicted molar refractivity (Wildman–Crippen MR) is 99.4 cm³/mol. The van der Waals surface area contributed by atoms with Crippen molar-refractivity contribution in [2.24, 2.45) is 11.8 Å². The Morgan fingerprint density at radius 3 is 2.77 bits per heavy atom. The van der Waals surface area contributed by atoms with E-state index in [4.69, 9.17) is 0 Å². The first kappa shape index (κ1) is 18.3. The van der Waals surface area contributed by atoms with Gasteiger partial charge in [0.05, 0.1) is 18.2 Å². The van der Waals surface area contributed by atoms with Crippen LogP contribution in [0.2, 0.25) is 0 Å². The number of nitrogens with zero attached hydrogens (tertiary/aromatic N) is 2. The van der Waals surface area contributed by atoms with Gasteiger partial charge in [0.2, 0.25) is 11.8 Å². The van der Waals surface area contributed by atoms with Crippen LogP contribution < -0.4 is 5.32 Å². The molecule has 1 saturated heterocycles. The standard InChI is InChI=1S/C20H25N3O3/c1-13(2)20(26)21-10-19(25)23-11-15(18(24)12-23)9-16-8-7-14-5-3-4-6-17(14)22-16/h3-8,13,15,18,24H,9-12H2,1-2H3,(H,21,26). The van der Waals surface area contributed by atoms with Gasteiger partial charge in [-0.3, -0.25) is 14.6 Å². The third kappa shape index (κ3) is 4.19. The van der Waals surface area contributed by atoms with Gasteiger partial charge in [0, 0.05) is 36.0 Å². The van der Waals surface area contributed by atoms with Crippen LogP contribution in [-0.4, -0.2) is 52.5 Å². The van der Waals surface area contributed by atoms with Gasteiger partial charge in [-0.05, 0) is 18.6 Å². The van der Waals surface area contributed by atoms with Gasteiger partial charge >= 0.3 is 0 Å². The normalized spacial score (nSPS) is 19.9. The van der Waals surface area contributed by atoms with Crippen LogP contribution in [0.3, 0.4) is 0 Å². The lowest BCUT2D eigenvalue weighted by atomic mass is 9.99. The molecule has 2 unspecified atom stereocenters. The summed E-state index contributed by atoms with van der Waals surface area (Å²) >= 11 is 0. The fourth-order valence-corrected chi connectivity index (χ4v) is 3.23. The highest BCUT2D eigenvalue weighted by Crippen LogP contribution is 2.22. The Balaban J connectivity index is 1.59. The third-order valence-corrected chi connectivity index (χ3v) is 4.82. The number of amides is 2. The zero-order chi connectivity index (χ0) is 18.7. The maximum atomic E-state index is 12.3. The maximum Gasteiger partial charge on any atom is 0.242 e. The number of carbonyl (C=O) groups is 2. The van der Waals surface area contributed by atoms with Crippen LogP contribution in [-0.2, 0) is 16.0 Å². The number of para-hydroxylation sites is 1. The SMILES string of the molecule is CC(C)C(=O)NCC(=O)N1CC(O)C(Cc2ccc3ccccc3n2)C1. The smallest absolute Gasteiger partial charge is 0.242 e. The number of aromatic nitrogens is 1. The van der Waals surface area contributed by atoms with Crippen molar-refractivity contribution in [2.75, 3.05) is 19.6 Å². The molecule has 2 atom stereocenters. The molecule has 3 rings (SSSR count). The number of β-amino-alcohol motifs (C(OH)–C–C–N with tert-alkyl or cyclic N) is 1. The van der Waals surface area contributed by atoms with Crippen LogP contribution in [0.5, 0.6) is 0 Å². The van der Waals surface area contributed by atoms with E-state index >= 15 is 0 Å². The van der Waals surface area contributed by atoms with Crippen molar-refractivity contribution in [3.63, 3.8) is 0 Å². The lowest BCUT2D eigenvalue weighted by molar-refractivity contribution is -0.133. The highest BCUT2D eigenvalue weighted by Gasteiger charge is 2.34. The number of aliphatic hydroxyl groups is 1. The Morgan fingerprint density at radius 1 is 1.23 bits per heavy atom. The first-order valence-electron chi connectivity index (χ1n) is 9.02. The molecule has 1 aromatic carbocycles. The number of benzene rings is 1. The van der Waals surface area contributed by atoms with E-state index in [0.29, 0.717) is 19.5 Å². The Kier molecular flexibility index (Phi) is 5.52. The summed E-state index contributed by atoms with van der Waals surface area (Å²) in [7, 11) is 0. The minimum atomic E-state index is -0.576. The molecule has 0 saturated carbocycles. The maximum absolute atomic E-state index is 12.3. The second kappa shape index (κ2) is 7.83. The molecule has 1 aromatic heterocycles. The number of likely N-dealkylation sites (tertiary alicyclic amines) is 1. The van der Waals surface area contributed by atoms with Crippen LogP contribution in [0.4, 0.5) is 0 Å². The van der Waals surface area contributed by atoms with E-state index in [9.17, 15) is 14.7 Å². The topological polar surface area (TPSA) is 82.5 Å². The lowest BCUT2D eigenvalue weighted by Gasteiger charge is -2.17.